The van der Waals surface area contributed by atoms with Crippen molar-refractivity contribution in [2.24, 2.45) is 0 Å². The lowest BCUT2D eigenvalue weighted by Crippen LogP contribution is -1.94. The van der Waals surface area contributed by atoms with Crippen molar-refractivity contribution in [1.82, 2.24) is 0 Å². The zero-order valence-electron chi connectivity index (χ0n) is 7.37. The van der Waals surface area contributed by atoms with Crippen molar-refractivity contribution in [3.63, 3.8) is 0 Å². The third-order valence-corrected chi connectivity index (χ3v) is 4.66. The van der Waals surface area contributed by atoms with Crippen LogP contribution in [0.5, 0.6) is 0 Å². The highest BCUT2D eigenvalue weighted by molar-refractivity contribution is 14.1. The maximum atomic E-state index is 10.8. The van der Waals surface area contributed by atoms with Crippen molar-refractivity contribution < 1.29 is 9.90 Å². The fraction of sp³-hybridized carbons (Fsp3) is 0.100. The summed E-state index contributed by atoms with van der Waals surface area (Å²) in [5.41, 5.74) is 1.53. The molecule has 4 heteroatoms. The van der Waals surface area contributed by atoms with Crippen LogP contribution in [0, 0.1) is 9.81 Å². The van der Waals surface area contributed by atoms with Gasteiger partial charge in [-0.15, -0.1) is 11.3 Å². The Labute approximate surface area is 98.7 Å². The second-order valence-corrected chi connectivity index (χ2v) is 5.88. The van der Waals surface area contributed by atoms with Crippen molar-refractivity contribution >= 4 is 50.0 Å². The predicted octanol–water partition coefficient (Wildman–Crippen LogP) is 3.51. The summed E-state index contributed by atoms with van der Waals surface area (Å²) < 4.78 is 2.37. The van der Waals surface area contributed by atoms with E-state index < -0.39 is 5.97 Å². The largest absolute Gasteiger partial charge is 0.478 e. The van der Waals surface area contributed by atoms with Crippen LogP contribution in [0.1, 0.15) is 15.9 Å². The van der Waals surface area contributed by atoms with Crippen LogP contribution in [0.2, 0.25) is 0 Å². The highest BCUT2D eigenvalue weighted by atomic mass is 127. The van der Waals surface area contributed by atoms with Gasteiger partial charge in [0.1, 0.15) is 0 Å². The van der Waals surface area contributed by atoms with Crippen LogP contribution in [0.15, 0.2) is 18.2 Å². The van der Waals surface area contributed by atoms with Crippen LogP contribution in [0.4, 0.5) is 0 Å². The van der Waals surface area contributed by atoms with E-state index in [4.69, 9.17) is 5.11 Å². The molecule has 1 heterocycles. The third-order valence-electron chi connectivity index (χ3n) is 2.12. The van der Waals surface area contributed by atoms with Gasteiger partial charge in [0.2, 0.25) is 0 Å². The zero-order chi connectivity index (χ0) is 10.3. The SMILES string of the molecule is Cc1c(I)sc2ccc(C(=O)O)cc12. The molecule has 0 spiro atoms. The Hall–Kier alpha value is -0.620. The topological polar surface area (TPSA) is 37.3 Å². The van der Waals surface area contributed by atoms with Gasteiger partial charge in [-0.2, -0.15) is 0 Å². The number of aryl methyl sites for hydroxylation is 1. The minimum Gasteiger partial charge on any atom is -0.478 e. The molecule has 0 bridgehead atoms. The molecule has 72 valence electrons. The molecule has 2 nitrogen and oxygen atoms in total. The third kappa shape index (κ3) is 1.52. The number of hydrogen-bond donors (Lipinski definition) is 1. The lowest BCUT2D eigenvalue weighted by molar-refractivity contribution is 0.0697. The number of carboxylic acids is 1. The average molecular weight is 318 g/mol. The molecule has 0 aliphatic carbocycles. The molecule has 0 amide bonds. The second-order valence-electron chi connectivity index (χ2n) is 3.02. The van der Waals surface area contributed by atoms with Crippen LogP contribution in [-0.4, -0.2) is 11.1 Å². The molecule has 1 N–H and O–H groups in total. The first-order valence-corrected chi connectivity index (χ1v) is 5.91. The zero-order valence-corrected chi connectivity index (χ0v) is 10.3. The van der Waals surface area contributed by atoms with Crippen molar-refractivity contribution in [2.75, 3.05) is 0 Å². The Balaban J connectivity index is 2.76. The lowest BCUT2D eigenvalue weighted by atomic mass is 10.1. The van der Waals surface area contributed by atoms with Gasteiger partial charge in [-0.3, -0.25) is 0 Å². The molecule has 0 atom stereocenters. The van der Waals surface area contributed by atoms with E-state index in [-0.39, 0.29) is 0 Å². The molecule has 0 saturated heterocycles. The number of carboxylic acid groups (broad SMARTS) is 1. The quantitative estimate of drug-likeness (QED) is 0.817. The Morgan fingerprint density at radius 2 is 2.21 bits per heavy atom. The number of aromatic carboxylic acids is 1. The number of fused-ring (bicyclic) bond motifs is 1. The van der Waals surface area contributed by atoms with E-state index in [0.29, 0.717) is 5.56 Å². The maximum absolute atomic E-state index is 10.8. The molecule has 14 heavy (non-hydrogen) atoms. The van der Waals surface area contributed by atoms with E-state index >= 15 is 0 Å². The first-order chi connectivity index (χ1) is 6.59. The molecule has 0 radical (unpaired) electrons. The van der Waals surface area contributed by atoms with Gasteiger partial charge in [-0.1, -0.05) is 0 Å². The van der Waals surface area contributed by atoms with Gasteiger partial charge >= 0.3 is 5.97 Å². The van der Waals surface area contributed by atoms with Gasteiger partial charge in [-0.05, 0) is 58.7 Å². The first-order valence-electron chi connectivity index (χ1n) is 4.01. The maximum Gasteiger partial charge on any atom is 0.335 e. The molecule has 1 aromatic heterocycles. The van der Waals surface area contributed by atoms with E-state index in [9.17, 15) is 4.79 Å². The number of halogens is 1. The van der Waals surface area contributed by atoms with E-state index in [0.717, 1.165) is 10.1 Å². The van der Waals surface area contributed by atoms with Crippen molar-refractivity contribution in [1.29, 1.82) is 0 Å². The lowest BCUT2D eigenvalue weighted by Gasteiger charge is -1.95. The summed E-state index contributed by atoms with van der Waals surface area (Å²) in [6.45, 7) is 2.02. The normalized spacial score (nSPS) is 10.7. The number of hydrogen-bond acceptors (Lipinski definition) is 2. The summed E-state index contributed by atoms with van der Waals surface area (Å²) in [5.74, 6) is -0.868. The molecule has 0 unspecified atom stereocenters. The Morgan fingerprint density at radius 3 is 2.86 bits per heavy atom. The predicted molar refractivity (Wildman–Crippen MR) is 66.2 cm³/mol. The molecular formula is C10H7IO2S. The van der Waals surface area contributed by atoms with Crippen LogP contribution in [-0.2, 0) is 0 Å². The smallest absolute Gasteiger partial charge is 0.335 e. The highest BCUT2D eigenvalue weighted by Crippen LogP contribution is 2.32. The molecule has 0 fully saturated rings. The molecular weight excluding hydrogens is 311 g/mol. The van der Waals surface area contributed by atoms with Gasteiger partial charge < -0.3 is 5.11 Å². The minimum absolute atomic E-state index is 0.356. The Kier molecular flexibility index (Phi) is 2.48. The van der Waals surface area contributed by atoms with E-state index in [1.807, 2.05) is 13.0 Å². The molecule has 1 aromatic carbocycles. The number of rotatable bonds is 1. The van der Waals surface area contributed by atoms with Crippen molar-refractivity contribution in [3.05, 3.63) is 32.2 Å². The van der Waals surface area contributed by atoms with E-state index in [1.54, 1.807) is 23.5 Å². The van der Waals surface area contributed by atoms with Crippen molar-refractivity contribution in [2.45, 2.75) is 6.92 Å². The van der Waals surface area contributed by atoms with Gasteiger partial charge in [0.25, 0.3) is 0 Å². The summed E-state index contributed by atoms with van der Waals surface area (Å²) in [7, 11) is 0. The van der Waals surface area contributed by atoms with Crippen molar-refractivity contribution in [3.8, 4) is 0 Å². The van der Waals surface area contributed by atoms with Gasteiger partial charge in [0.15, 0.2) is 0 Å². The van der Waals surface area contributed by atoms with Crippen LogP contribution in [0.25, 0.3) is 10.1 Å². The van der Waals surface area contributed by atoms with Gasteiger partial charge in [0, 0.05) is 4.70 Å². The molecule has 0 saturated carbocycles. The second kappa shape index (κ2) is 3.51. The molecule has 0 aliphatic heterocycles. The van der Waals surface area contributed by atoms with Crippen LogP contribution < -0.4 is 0 Å². The summed E-state index contributed by atoms with van der Waals surface area (Å²) >= 11 is 3.97. The standard InChI is InChI=1S/C10H7IO2S/c1-5-7-4-6(10(12)13)2-3-8(7)14-9(5)11/h2-4H,1H3,(H,12,13). The molecule has 2 rings (SSSR count). The Morgan fingerprint density at radius 1 is 1.50 bits per heavy atom. The highest BCUT2D eigenvalue weighted by Gasteiger charge is 2.09. The summed E-state index contributed by atoms with van der Waals surface area (Å²) in [6, 6.07) is 5.26. The fourth-order valence-corrected chi connectivity index (χ4v) is 3.24. The fourth-order valence-electron chi connectivity index (χ4n) is 1.32. The van der Waals surface area contributed by atoms with Crippen LogP contribution >= 0.6 is 33.9 Å². The molecule has 2 aromatic rings. The number of carbonyl (C=O) groups is 1. The number of thiophene rings is 1. The van der Waals surface area contributed by atoms with E-state index in [2.05, 4.69) is 22.6 Å². The van der Waals surface area contributed by atoms with Gasteiger partial charge in [-0.25, -0.2) is 4.79 Å². The Bertz CT molecular complexity index is 516. The monoisotopic (exact) mass is 318 g/mol. The summed E-state index contributed by atoms with van der Waals surface area (Å²) in [4.78, 5) is 10.8. The van der Waals surface area contributed by atoms with Crippen LogP contribution in [0.3, 0.4) is 0 Å². The first kappa shape index (κ1) is 9.92. The van der Waals surface area contributed by atoms with Gasteiger partial charge in [0.05, 0.1) is 8.45 Å². The van der Waals surface area contributed by atoms with E-state index in [1.165, 1.54) is 8.45 Å². The summed E-state index contributed by atoms with van der Waals surface area (Å²) in [5, 5.41) is 9.90. The summed E-state index contributed by atoms with van der Waals surface area (Å²) in [6.07, 6.45) is 0. The number of benzene rings is 1. The minimum atomic E-state index is -0.868. The average Bonchev–Trinajstić information content (AvgIpc) is 2.43. The molecule has 0 aliphatic rings.